The van der Waals surface area contributed by atoms with Gasteiger partial charge in [-0.15, -0.1) is 0 Å². The lowest BCUT2D eigenvalue weighted by Crippen LogP contribution is -2.29. The van der Waals surface area contributed by atoms with Gasteiger partial charge in [-0.05, 0) is 24.6 Å². The minimum Gasteiger partial charge on any atom is -0.492 e. The number of nitrogens with zero attached hydrogens (tertiary/aromatic N) is 3. The summed E-state index contributed by atoms with van der Waals surface area (Å²) in [4.78, 5) is 12.2. The summed E-state index contributed by atoms with van der Waals surface area (Å²) < 4.78 is 5.41. The third-order valence-electron chi connectivity index (χ3n) is 2.45. The maximum absolute atomic E-state index is 5.58. The van der Waals surface area contributed by atoms with Gasteiger partial charge in [0.1, 0.15) is 12.1 Å². The van der Waals surface area contributed by atoms with Crippen LogP contribution in [0.4, 0.5) is 0 Å². The van der Waals surface area contributed by atoms with E-state index in [0.717, 1.165) is 11.3 Å². The van der Waals surface area contributed by atoms with Crippen LogP contribution in [0.3, 0.4) is 0 Å². The molecule has 0 amide bonds. The predicted molar refractivity (Wildman–Crippen MR) is 66.6 cm³/mol. The van der Waals surface area contributed by atoms with Crippen molar-refractivity contribution in [1.82, 2.24) is 20.4 Å². The lowest BCUT2D eigenvalue weighted by Gasteiger charge is -2.15. The minimum absolute atomic E-state index is 0.235. The molecule has 0 aliphatic heterocycles. The molecule has 3 N–H and O–H groups in total. The molecule has 2 heterocycles. The van der Waals surface area contributed by atoms with Gasteiger partial charge in [-0.3, -0.25) is 10.8 Å². The van der Waals surface area contributed by atoms with Crippen molar-refractivity contribution in [2.45, 2.75) is 13.0 Å². The monoisotopic (exact) mass is 245 g/mol. The summed E-state index contributed by atoms with van der Waals surface area (Å²) >= 11 is 0. The Bertz CT molecular complexity index is 491. The summed E-state index contributed by atoms with van der Waals surface area (Å²) in [5.41, 5.74) is 4.39. The van der Waals surface area contributed by atoms with Crippen LogP contribution in [-0.4, -0.2) is 21.6 Å². The Morgan fingerprint density at radius 2 is 2.28 bits per heavy atom. The Morgan fingerprint density at radius 3 is 2.94 bits per heavy atom. The number of ether oxygens (including phenoxy) is 1. The zero-order chi connectivity index (χ0) is 12.8. The highest BCUT2D eigenvalue weighted by molar-refractivity contribution is 5.30. The van der Waals surface area contributed by atoms with Crippen molar-refractivity contribution < 1.29 is 4.74 Å². The highest BCUT2D eigenvalue weighted by atomic mass is 16.5. The van der Waals surface area contributed by atoms with Crippen LogP contribution in [0.2, 0.25) is 0 Å². The summed E-state index contributed by atoms with van der Waals surface area (Å²) in [6, 6.07) is 3.46. The summed E-state index contributed by atoms with van der Waals surface area (Å²) in [6.07, 6.45) is 6.56. The number of nitrogens with two attached hydrogens (primary N) is 1. The molecule has 6 heteroatoms. The molecule has 0 spiro atoms. The quantitative estimate of drug-likeness (QED) is 0.599. The van der Waals surface area contributed by atoms with Crippen molar-refractivity contribution >= 4 is 0 Å². The largest absolute Gasteiger partial charge is 0.492 e. The summed E-state index contributed by atoms with van der Waals surface area (Å²) in [6.45, 7) is 2.52. The molecule has 0 aromatic carbocycles. The Kier molecular flexibility index (Phi) is 4.16. The Hall–Kier alpha value is -2.05. The topological polar surface area (TPSA) is 86.0 Å². The first kappa shape index (κ1) is 12.4. The molecular weight excluding hydrogens is 230 g/mol. The van der Waals surface area contributed by atoms with Gasteiger partial charge in [-0.2, -0.15) is 0 Å². The van der Waals surface area contributed by atoms with Crippen LogP contribution in [-0.2, 0) is 0 Å². The van der Waals surface area contributed by atoms with E-state index in [9.17, 15) is 0 Å². The molecule has 0 saturated heterocycles. The van der Waals surface area contributed by atoms with Gasteiger partial charge in [-0.25, -0.2) is 15.4 Å². The third kappa shape index (κ3) is 2.79. The van der Waals surface area contributed by atoms with Gasteiger partial charge in [-0.1, -0.05) is 0 Å². The fraction of sp³-hybridized carbons (Fsp3) is 0.250. The molecule has 0 saturated carbocycles. The van der Waals surface area contributed by atoms with E-state index in [4.69, 9.17) is 10.6 Å². The number of pyridine rings is 1. The average Bonchev–Trinajstić information content (AvgIpc) is 2.42. The zero-order valence-corrected chi connectivity index (χ0v) is 10.1. The Labute approximate surface area is 105 Å². The third-order valence-corrected chi connectivity index (χ3v) is 2.45. The van der Waals surface area contributed by atoms with E-state index >= 15 is 0 Å². The number of aromatic nitrogens is 3. The van der Waals surface area contributed by atoms with E-state index in [-0.39, 0.29) is 6.04 Å². The van der Waals surface area contributed by atoms with E-state index in [2.05, 4.69) is 20.4 Å². The molecule has 1 unspecified atom stereocenters. The second-order valence-corrected chi connectivity index (χ2v) is 3.62. The first-order valence-electron chi connectivity index (χ1n) is 5.65. The fourth-order valence-electron chi connectivity index (χ4n) is 1.66. The van der Waals surface area contributed by atoms with Gasteiger partial charge in [0.2, 0.25) is 0 Å². The molecule has 0 aliphatic rings. The van der Waals surface area contributed by atoms with Crippen LogP contribution < -0.4 is 16.0 Å². The second-order valence-electron chi connectivity index (χ2n) is 3.62. The van der Waals surface area contributed by atoms with Gasteiger partial charge in [0.15, 0.2) is 0 Å². The molecule has 6 nitrogen and oxygen atoms in total. The standard InChI is InChI=1S/C12H15N5O/c1-2-18-10-5-9(6-15-7-10)12(17-13)11-3-4-14-8-16-11/h3-8,12,17H,2,13H2,1H3. The summed E-state index contributed by atoms with van der Waals surface area (Å²) in [5, 5.41) is 0. The van der Waals surface area contributed by atoms with Crippen molar-refractivity contribution in [2.75, 3.05) is 6.61 Å². The molecule has 1 atom stereocenters. The molecule has 18 heavy (non-hydrogen) atoms. The Morgan fingerprint density at radius 1 is 1.39 bits per heavy atom. The van der Waals surface area contributed by atoms with E-state index in [1.165, 1.54) is 6.33 Å². The number of rotatable bonds is 5. The van der Waals surface area contributed by atoms with E-state index in [0.29, 0.717) is 12.4 Å². The molecule has 0 bridgehead atoms. The highest BCUT2D eigenvalue weighted by Crippen LogP contribution is 2.21. The molecule has 0 radical (unpaired) electrons. The predicted octanol–water partition coefficient (Wildman–Crippen LogP) is 0.823. The SMILES string of the molecule is CCOc1cncc(C(NN)c2ccncn2)c1. The highest BCUT2D eigenvalue weighted by Gasteiger charge is 2.14. The first-order chi connectivity index (χ1) is 8.85. The number of nitrogens with one attached hydrogen (secondary N) is 1. The van der Waals surface area contributed by atoms with Gasteiger partial charge >= 0.3 is 0 Å². The van der Waals surface area contributed by atoms with Gasteiger partial charge in [0.05, 0.1) is 24.5 Å². The normalized spacial score (nSPS) is 12.1. The minimum atomic E-state index is -0.235. The van der Waals surface area contributed by atoms with Crippen molar-refractivity contribution in [3.05, 3.63) is 48.3 Å². The van der Waals surface area contributed by atoms with Crippen LogP contribution in [0.15, 0.2) is 37.1 Å². The molecule has 0 aliphatic carbocycles. The zero-order valence-electron chi connectivity index (χ0n) is 10.1. The maximum atomic E-state index is 5.58. The molecule has 2 aromatic rings. The molecule has 2 aromatic heterocycles. The van der Waals surface area contributed by atoms with E-state index in [1.807, 2.05) is 13.0 Å². The molecular formula is C12H15N5O. The second kappa shape index (κ2) is 6.04. The van der Waals surface area contributed by atoms with E-state index < -0.39 is 0 Å². The average molecular weight is 245 g/mol. The van der Waals surface area contributed by atoms with Crippen LogP contribution >= 0.6 is 0 Å². The number of hydrazine groups is 1. The molecule has 94 valence electrons. The summed E-state index contributed by atoms with van der Waals surface area (Å²) in [7, 11) is 0. The fourth-order valence-corrected chi connectivity index (χ4v) is 1.66. The maximum Gasteiger partial charge on any atom is 0.137 e. The lowest BCUT2D eigenvalue weighted by molar-refractivity contribution is 0.338. The summed E-state index contributed by atoms with van der Waals surface area (Å²) in [5.74, 6) is 6.29. The lowest BCUT2D eigenvalue weighted by atomic mass is 10.1. The van der Waals surface area contributed by atoms with Crippen LogP contribution in [0.5, 0.6) is 5.75 Å². The van der Waals surface area contributed by atoms with E-state index in [1.54, 1.807) is 24.7 Å². The number of hydrogen-bond donors (Lipinski definition) is 2. The van der Waals surface area contributed by atoms with Crippen molar-refractivity contribution in [2.24, 2.45) is 5.84 Å². The molecule has 2 rings (SSSR count). The van der Waals surface area contributed by atoms with Gasteiger partial charge in [0.25, 0.3) is 0 Å². The van der Waals surface area contributed by atoms with Crippen molar-refractivity contribution in [3.8, 4) is 5.75 Å². The van der Waals surface area contributed by atoms with Crippen molar-refractivity contribution in [1.29, 1.82) is 0 Å². The van der Waals surface area contributed by atoms with Crippen LogP contribution in [0.1, 0.15) is 24.2 Å². The molecule has 0 fully saturated rings. The van der Waals surface area contributed by atoms with Gasteiger partial charge < -0.3 is 4.74 Å². The Balaban J connectivity index is 2.30. The number of hydrogen-bond acceptors (Lipinski definition) is 6. The van der Waals surface area contributed by atoms with Gasteiger partial charge in [0, 0.05) is 12.4 Å². The van der Waals surface area contributed by atoms with Crippen molar-refractivity contribution in [3.63, 3.8) is 0 Å². The van der Waals surface area contributed by atoms with Crippen LogP contribution in [0.25, 0.3) is 0 Å². The first-order valence-corrected chi connectivity index (χ1v) is 5.65. The van der Waals surface area contributed by atoms with Crippen LogP contribution in [0, 0.1) is 0 Å². The smallest absolute Gasteiger partial charge is 0.137 e.